The Morgan fingerprint density at radius 2 is 2.44 bits per heavy atom. The number of benzene rings is 1. The van der Waals surface area contributed by atoms with Crippen molar-refractivity contribution >= 4 is 17.5 Å². The van der Waals surface area contributed by atoms with Crippen LogP contribution in [0, 0.1) is 0 Å². The second-order valence-corrected chi connectivity index (χ2v) is 4.84. The van der Waals surface area contributed by atoms with Gasteiger partial charge < -0.3 is 15.0 Å². The number of likely N-dealkylation sites (N-methyl/N-ethyl adjacent to an activating group) is 1. The van der Waals surface area contributed by atoms with Crippen LogP contribution in [-0.4, -0.2) is 43.7 Å². The summed E-state index contributed by atoms with van der Waals surface area (Å²) < 4.78 is 5.29. The lowest BCUT2D eigenvalue weighted by molar-refractivity contribution is -0.135. The first kappa shape index (κ1) is 13.3. The lowest BCUT2D eigenvalue weighted by Gasteiger charge is -2.27. The number of ether oxygens (including phenoxy) is 1. The number of carbonyl (C=O) groups is 1. The maximum absolute atomic E-state index is 12.1. The molecule has 1 aromatic rings. The molecule has 18 heavy (non-hydrogen) atoms. The van der Waals surface area contributed by atoms with Crippen LogP contribution >= 0.6 is 11.6 Å². The molecule has 2 rings (SSSR count). The first-order valence-electron chi connectivity index (χ1n) is 5.97. The number of halogens is 1. The highest BCUT2D eigenvalue weighted by Crippen LogP contribution is 2.12. The number of nitrogens with zero attached hydrogens (tertiary/aromatic N) is 1. The van der Waals surface area contributed by atoms with Crippen LogP contribution < -0.4 is 5.32 Å². The van der Waals surface area contributed by atoms with Crippen molar-refractivity contribution in [2.45, 2.75) is 12.6 Å². The topological polar surface area (TPSA) is 41.6 Å². The zero-order chi connectivity index (χ0) is 13.0. The number of amides is 1. The molecule has 1 aliphatic heterocycles. The molecule has 0 aliphatic carbocycles. The van der Waals surface area contributed by atoms with Gasteiger partial charge in [-0.15, -0.1) is 0 Å². The molecule has 1 heterocycles. The number of hydrogen-bond acceptors (Lipinski definition) is 3. The number of carbonyl (C=O) groups excluding carboxylic acids is 1. The van der Waals surface area contributed by atoms with Gasteiger partial charge in [-0.05, 0) is 17.7 Å². The van der Waals surface area contributed by atoms with Gasteiger partial charge >= 0.3 is 0 Å². The number of rotatable bonds is 3. The molecule has 1 aromatic carbocycles. The van der Waals surface area contributed by atoms with Gasteiger partial charge in [0.15, 0.2) is 0 Å². The average molecular weight is 269 g/mol. The Labute approximate surface area is 112 Å². The number of hydrogen-bond donors (Lipinski definition) is 1. The van der Waals surface area contributed by atoms with Crippen molar-refractivity contribution in [3.8, 4) is 0 Å². The summed E-state index contributed by atoms with van der Waals surface area (Å²) in [5, 5.41) is 3.84. The molecule has 0 aromatic heterocycles. The van der Waals surface area contributed by atoms with Gasteiger partial charge in [0.2, 0.25) is 5.91 Å². The molecule has 1 fully saturated rings. The van der Waals surface area contributed by atoms with Crippen LogP contribution in [0.5, 0.6) is 0 Å². The normalized spacial score (nSPS) is 19.6. The summed E-state index contributed by atoms with van der Waals surface area (Å²) in [6.07, 6.45) is 0. The Balaban J connectivity index is 1.94. The largest absolute Gasteiger partial charge is 0.378 e. The summed E-state index contributed by atoms with van der Waals surface area (Å²) in [7, 11) is 1.79. The van der Waals surface area contributed by atoms with E-state index in [1.807, 2.05) is 24.3 Å². The summed E-state index contributed by atoms with van der Waals surface area (Å²) in [5.74, 6) is 0.0506. The molecule has 0 spiro atoms. The van der Waals surface area contributed by atoms with Gasteiger partial charge in [0, 0.05) is 25.2 Å². The van der Waals surface area contributed by atoms with Gasteiger partial charge in [0.05, 0.1) is 13.2 Å². The minimum Gasteiger partial charge on any atom is -0.378 e. The maximum atomic E-state index is 12.1. The van der Waals surface area contributed by atoms with Gasteiger partial charge in [-0.2, -0.15) is 0 Å². The molecular formula is C13H17ClN2O2. The van der Waals surface area contributed by atoms with E-state index in [1.54, 1.807) is 11.9 Å². The van der Waals surface area contributed by atoms with Gasteiger partial charge in [-0.25, -0.2) is 0 Å². The minimum absolute atomic E-state index is 0.0506. The first-order chi connectivity index (χ1) is 8.66. The zero-order valence-electron chi connectivity index (χ0n) is 10.4. The van der Waals surface area contributed by atoms with Crippen LogP contribution in [0.2, 0.25) is 5.02 Å². The summed E-state index contributed by atoms with van der Waals surface area (Å²) in [4.78, 5) is 13.8. The highest BCUT2D eigenvalue weighted by Gasteiger charge is 2.24. The van der Waals surface area contributed by atoms with E-state index in [1.165, 1.54) is 0 Å². The van der Waals surface area contributed by atoms with Crippen LogP contribution in [-0.2, 0) is 16.1 Å². The Kier molecular flexibility index (Phi) is 4.58. The molecule has 5 heteroatoms. The molecule has 98 valence electrons. The van der Waals surface area contributed by atoms with Crippen molar-refractivity contribution in [3.05, 3.63) is 34.9 Å². The summed E-state index contributed by atoms with van der Waals surface area (Å²) in [6.45, 7) is 2.39. The molecule has 0 bridgehead atoms. The van der Waals surface area contributed by atoms with Crippen LogP contribution in [0.15, 0.2) is 24.3 Å². The molecular weight excluding hydrogens is 252 g/mol. The third-order valence-corrected chi connectivity index (χ3v) is 3.14. The summed E-state index contributed by atoms with van der Waals surface area (Å²) in [6, 6.07) is 7.31. The minimum atomic E-state index is -0.233. The fourth-order valence-electron chi connectivity index (χ4n) is 1.98. The average Bonchev–Trinajstić information content (AvgIpc) is 2.39. The first-order valence-corrected chi connectivity index (χ1v) is 6.35. The van der Waals surface area contributed by atoms with E-state index in [0.717, 1.165) is 12.1 Å². The van der Waals surface area contributed by atoms with Crippen LogP contribution in [0.3, 0.4) is 0 Å². The molecule has 1 aliphatic rings. The summed E-state index contributed by atoms with van der Waals surface area (Å²) >= 11 is 5.92. The van der Waals surface area contributed by atoms with E-state index >= 15 is 0 Å². The van der Waals surface area contributed by atoms with Crippen LogP contribution in [0.4, 0.5) is 0 Å². The Morgan fingerprint density at radius 3 is 3.11 bits per heavy atom. The molecule has 0 radical (unpaired) electrons. The molecule has 1 saturated heterocycles. The van der Waals surface area contributed by atoms with Crippen molar-refractivity contribution < 1.29 is 9.53 Å². The van der Waals surface area contributed by atoms with Gasteiger partial charge in [-0.3, -0.25) is 4.79 Å². The Morgan fingerprint density at radius 1 is 1.61 bits per heavy atom. The predicted octanol–water partition coefficient (Wildman–Crippen LogP) is 1.29. The number of morpholine rings is 1. The van der Waals surface area contributed by atoms with E-state index in [4.69, 9.17) is 16.3 Å². The van der Waals surface area contributed by atoms with E-state index < -0.39 is 0 Å². The zero-order valence-corrected chi connectivity index (χ0v) is 11.1. The van der Waals surface area contributed by atoms with Crippen LogP contribution in [0.25, 0.3) is 0 Å². The van der Waals surface area contributed by atoms with E-state index in [2.05, 4.69) is 5.32 Å². The van der Waals surface area contributed by atoms with Crippen molar-refractivity contribution in [1.29, 1.82) is 0 Å². The maximum Gasteiger partial charge on any atom is 0.242 e. The van der Waals surface area contributed by atoms with Crippen LogP contribution in [0.1, 0.15) is 5.56 Å². The Bertz CT molecular complexity index is 419. The van der Waals surface area contributed by atoms with E-state index in [-0.39, 0.29) is 11.9 Å². The quantitative estimate of drug-likeness (QED) is 0.898. The van der Waals surface area contributed by atoms with E-state index in [0.29, 0.717) is 24.8 Å². The van der Waals surface area contributed by atoms with Crippen molar-refractivity contribution in [2.24, 2.45) is 0 Å². The second kappa shape index (κ2) is 6.18. The molecule has 1 N–H and O–H groups in total. The smallest absolute Gasteiger partial charge is 0.242 e. The molecule has 0 saturated carbocycles. The highest BCUT2D eigenvalue weighted by atomic mass is 35.5. The standard InChI is InChI=1S/C13H17ClN2O2/c1-16(8-10-3-2-4-11(14)7-10)13(17)12-9-18-6-5-15-12/h2-4,7,12,15H,5-6,8-9H2,1H3. The van der Waals surface area contributed by atoms with Gasteiger partial charge in [-0.1, -0.05) is 23.7 Å². The SMILES string of the molecule is CN(Cc1cccc(Cl)c1)C(=O)C1COCCN1. The lowest BCUT2D eigenvalue weighted by Crippen LogP contribution is -2.51. The van der Waals surface area contributed by atoms with Crippen molar-refractivity contribution in [3.63, 3.8) is 0 Å². The Hall–Kier alpha value is -1.10. The fourth-order valence-corrected chi connectivity index (χ4v) is 2.19. The van der Waals surface area contributed by atoms with Crippen molar-refractivity contribution in [2.75, 3.05) is 26.8 Å². The summed E-state index contributed by atoms with van der Waals surface area (Å²) in [5.41, 5.74) is 1.02. The monoisotopic (exact) mass is 268 g/mol. The third-order valence-electron chi connectivity index (χ3n) is 2.90. The lowest BCUT2D eigenvalue weighted by atomic mass is 10.2. The van der Waals surface area contributed by atoms with Gasteiger partial charge in [0.1, 0.15) is 6.04 Å². The molecule has 4 nitrogen and oxygen atoms in total. The molecule has 1 unspecified atom stereocenters. The third kappa shape index (κ3) is 3.45. The second-order valence-electron chi connectivity index (χ2n) is 4.41. The number of nitrogens with one attached hydrogen (secondary N) is 1. The van der Waals surface area contributed by atoms with E-state index in [9.17, 15) is 4.79 Å². The molecule has 1 atom stereocenters. The predicted molar refractivity (Wildman–Crippen MR) is 70.5 cm³/mol. The van der Waals surface area contributed by atoms with Gasteiger partial charge in [0.25, 0.3) is 0 Å². The highest BCUT2D eigenvalue weighted by molar-refractivity contribution is 6.30. The molecule has 1 amide bonds. The fraction of sp³-hybridized carbons (Fsp3) is 0.462. The van der Waals surface area contributed by atoms with Crippen molar-refractivity contribution in [1.82, 2.24) is 10.2 Å².